The second kappa shape index (κ2) is 7.25. The maximum Gasteiger partial charge on any atom is 0.266 e. The molecule has 0 unspecified atom stereocenters. The minimum absolute atomic E-state index is 0.0718. The van der Waals surface area contributed by atoms with E-state index in [0.29, 0.717) is 24.2 Å². The molecule has 0 radical (unpaired) electrons. The molecule has 0 aliphatic carbocycles. The van der Waals surface area contributed by atoms with Gasteiger partial charge in [-0.25, -0.2) is 0 Å². The molecule has 0 spiro atoms. The lowest BCUT2D eigenvalue weighted by atomic mass is 9.99. The maximum absolute atomic E-state index is 12.0. The van der Waals surface area contributed by atoms with Crippen molar-refractivity contribution in [1.82, 2.24) is 9.88 Å². The number of pyridine rings is 1. The van der Waals surface area contributed by atoms with Crippen molar-refractivity contribution >= 4 is 5.91 Å². The highest BCUT2D eigenvalue weighted by Gasteiger charge is 2.15. The summed E-state index contributed by atoms with van der Waals surface area (Å²) in [5.74, 6) is -0.109. The summed E-state index contributed by atoms with van der Waals surface area (Å²) in [5, 5.41) is 17.7. The number of aryl methyl sites for hydroxylation is 1. The van der Waals surface area contributed by atoms with Gasteiger partial charge in [-0.3, -0.25) is 9.59 Å². The van der Waals surface area contributed by atoms with E-state index in [2.05, 4.69) is 4.98 Å². The number of hydrogen-bond acceptors (Lipinski definition) is 4. The molecular weight excluding hydrogens is 268 g/mol. The Hall–Kier alpha value is -2.60. The molecule has 0 fully saturated rings. The normalized spacial score (nSPS) is 9.76. The van der Waals surface area contributed by atoms with E-state index in [1.165, 1.54) is 4.90 Å². The van der Waals surface area contributed by atoms with Crippen LogP contribution in [0.2, 0.25) is 0 Å². The fraction of sp³-hybridized carbons (Fsp3) is 0.467. The van der Waals surface area contributed by atoms with Gasteiger partial charge in [0.15, 0.2) is 0 Å². The number of nitrogens with zero attached hydrogens (tertiary/aromatic N) is 3. The van der Waals surface area contributed by atoms with E-state index in [9.17, 15) is 9.59 Å². The second-order valence-corrected chi connectivity index (χ2v) is 4.74. The van der Waals surface area contributed by atoms with Gasteiger partial charge in [-0.1, -0.05) is 0 Å². The molecule has 1 heterocycles. The smallest absolute Gasteiger partial charge is 0.266 e. The van der Waals surface area contributed by atoms with E-state index in [-0.39, 0.29) is 24.4 Å². The molecule has 0 saturated carbocycles. The van der Waals surface area contributed by atoms with Crippen LogP contribution in [0.25, 0.3) is 0 Å². The largest absolute Gasteiger partial charge is 0.330 e. The lowest BCUT2D eigenvalue weighted by Crippen LogP contribution is -2.31. The highest BCUT2D eigenvalue weighted by Crippen LogP contribution is 2.15. The van der Waals surface area contributed by atoms with Gasteiger partial charge in [0.25, 0.3) is 5.56 Å². The van der Waals surface area contributed by atoms with Crippen LogP contribution in [0, 0.1) is 36.5 Å². The third-order valence-electron chi connectivity index (χ3n) is 3.51. The molecule has 110 valence electrons. The Labute approximate surface area is 123 Å². The first-order valence-corrected chi connectivity index (χ1v) is 6.73. The van der Waals surface area contributed by atoms with Crippen molar-refractivity contribution in [2.24, 2.45) is 0 Å². The zero-order valence-corrected chi connectivity index (χ0v) is 12.5. The number of nitriles is 2. The predicted octanol–water partition coefficient (Wildman–Crippen LogP) is 1.17. The maximum atomic E-state index is 12.0. The van der Waals surface area contributed by atoms with Gasteiger partial charge < -0.3 is 9.88 Å². The van der Waals surface area contributed by atoms with Crippen molar-refractivity contribution in [3.8, 4) is 12.1 Å². The van der Waals surface area contributed by atoms with Gasteiger partial charge in [-0.15, -0.1) is 0 Å². The molecule has 0 atom stereocenters. The zero-order valence-electron chi connectivity index (χ0n) is 12.5. The molecule has 0 bridgehead atoms. The lowest BCUT2D eigenvalue weighted by Gasteiger charge is -2.18. The minimum Gasteiger partial charge on any atom is -0.330 e. The van der Waals surface area contributed by atoms with Crippen LogP contribution in [0.1, 0.15) is 35.7 Å². The molecule has 1 rings (SSSR count). The van der Waals surface area contributed by atoms with Crippen molar-refractivity contribution in [3.05, 3.63) is 32.7 Å². The van der Waals surface area contributed by atoms with E-state index in [4.69, 9.17) is 10.5 Å². The topological polar surface area (TPSA) is 101 Å². The summed E-state index contributed by atoms with van der Waals surface area (Å²) in [6, 6.07) is 3.85. The van der Waals surface area contributed by atoms with Gasteiger partial charge in [-0.2, -0.15) is 10.5 Å². The van der Waals surface area contributed by atoms with Crippen LogP contribution in [-0.2, 0) is 11.2 Å². The van der Waals surface area contributed by atoms with Crippen LogP contribution in [-0.4, -0.2) is 28.9 Å². The third-order valence-corrected chi connectivity index (χ3v) is 3.51. The van der Waals surface area contributed by atoms with Crippen LogP contribution in [0.4, 0.5) is 0 Å². The summed E-state index contributed by atoms with van der Waals surface area (Å²) in [4.78, 5) is 27.8. The Balaban J connectivity index is 2.96. The molecule has 0 aliphatic heterocycles. The van der Waals surface area contributed by atoms with Crippen LogP contribution in [0.5, 0.6) is 0 Å². The van der Waals surface area contributed by atoms with Gasteiger partial charge in [0.2, 0.25) is 5.91 Å². The van der Waals surface area contributed by atoms with E-state index >= 15 is 0 Å². The molecule has 21 heavy (non-hydrogen) atoms. The van der Waals surface area contributed by atoms with Gasteiger partial charge in [0, 0.05) is 18.7 Å². The summed E-state index contributed by atoms with van der Waals surface area (Å²) in [6.45, 7) is 5.84. The van der Waals surface area contributed by atoms with Crippen molar-refractivity contribution < 1.29 is 4.79 Å². The number of aromatic nitrogens is 1. The molecule has 1 aromatic heterocycles. The first kappa shape index (κ1) is 16.5. The molecule has 0 aromatic carbocycles. The molecule has 6 heteroatoms. The zero-order chi connectivity index (χ0) is 16.0. The van der Waals surface area contributed by atoms with Crippen LogP contribution < -0.4 is 5.56 Å². The van der Waals surface area contributed by atoms with E-state index in [1.807, 2.05) is 19.1 Å². The first-order valence-electron chi connectivity index (χ1n) is 6.73. The van der Waals surface area contributed by atoms with Gasteiger partial charge in [-0.05, 0) is 38.3 Å². The number of hydrogen-bond donors (Lipinski definition) is 1. The highest BCUT2D eigenvalue weighted by atomic mass is 16.2. The van der Waals surface area contributed by atoms with Crippen molar-refractivity contribution in [2.45, 2.75) is 33.6 Å². The summed E-state index contributed by atoms with van der Waals surface area (Å²) < 4.78 is 0. The van der Waals surface area contributed by atoms with E-state index in [0.717, 1.165) is 5.56 Å². The fourth-order valence-corrected chi connectivity index (χ4v) is 2.27. The summed E-state index contributed by atoms with van der Waals surface area (Å²) >= 11 is 0. The number of carbonyl (C=O) groups excluding carboxylic acids is 1. The van der Waals surface area contributed by atoms with Crippen LogP contribution >= 0.6 is 0 Å². The molecule has 0 aliphatic rings. The predicted molar refractivity (Wildman–Crippen MR) is 77.4 cm³/mol. The number of rotatable bonds is 5. The monoisotopic (exact) mass is 286 g/mol. The van der Waals surface area contributed by atoms with Crippen molar-refractivity contribution in [2.75, 3.05) is 13.1 Å². The van der Waals surface area contributed by atoms with E-state index in [1.54, 1.807) is 13.8 Å². The molecule has 6 nitrogen and oxygen atoms in total. The number of aromatic amines is 1. The quantitative estimate of drug-likeness (QED) is 0.821. The van der Waals surface area contributed by atoms with Gasteiger partial charge >= 0.3 is 0 Å². The SMILES string of the molecule is CCN(CC#N)C(=O)CCc1c(C)[nH]c(=O)c(C#N)c1C. The Morgan fingerprint density at radius 2 is 2.00 bits per heavy atom. The minimum atomic E-state index is -0.401. The molecule has 1 amide bonds. The Bertz CT molecular complexity index is 677. The van der Waals surface area contributed by atoms with Gasteiger partial charge in [0.1, 0.15) is 18.2 Å². The third kappa shape index (κ3) is 3.70. The van der Waals surface area contributed by atoms with Crippen LogP contribution in [0.15, 0.2) is 4.79 Å². The Morgan fingerprint density at radius 1 is 1.33 bits per heavy atom. The van der Waals surface area contributed by atoms with Crippen LogP contribution in [0.3, 0.4) is 0 Å². The molecule has 1 N–H and O–H groups in total. The summed E-state index contributed by atoms with van der Waals surface area (Å²) in [6.07, 6.45) is 0.679. The molecule has 1 aromatic rings. The Morgan fingerprint density at radius 3 is 2.52 bits per heavy atom. The molecule has 0 saturated heterocycles. The number of nitrogens with one attached hydrogen (secondary N) is 1. The average molecular weight is 286 g/mol. The van der Waals surface area contributed by atoms with Crippen molar-refractivity contribution in [3.63, 3.8) is 0 Å². The highest BCUT2D eigenvalue weighted by molar-refractivity contribution is 5.76. The first-order chi connectivity index (χ1) is 9.96. The fourth-order valence-electron chi connectivity index (χ4n) is 2.27. The standard InChI is InChI=1S/C15H18N4O2/c1-4-19(8-7-16)14(20)6-5-12-10(2)13(9-17)15(21)18-11(12)3/h4-6,8H2,1-3H3,(H,18,21). The summed E-state index contributed by atoms with van der Waals surface area (Å²) in [7, 11) is 0. The Kier molecular flexibility index (Phi) is 5.68. The summed E-state index contributed by atoms with van der Waals surface area (Å²) in [5.41, 5.74) is 1.80. The number of carbonyl (C=O) groups is 1. The second-order valence-electron chi connectivity index (χ2n) is 4.74. The number of amides is 1. The molecular formula is C15H18N4O2. The number of H-pyrrole nitrogens is 1. The average Bonchev–Trinajstić information content (AvgIpc) is 2.44. The lowest BCUT2D eigenvalue weighted by molar-refractivity contribution is -0.130. The van der Waals surface area contributed by atoms with Gasteiger partial charge in [0.05, 0.1) is 6.07 Å². The van der Waals surface area contributed by atoms with Crippen molar-refractivity contribution in [1.29, 1.82) is 10.5 Å². The van der Waals surface area contributed by atoms with E-state index < -0.39 is 5.56 Å².